The molecule has 0 saturated carbocycles. The summed E-state index contributed by atoms with van der Waals surface area (Å²) in [5, 5.41) is 3.54. The van der Waals surface area contributed by atoms with Crippen LogP contribution in [0, 0.1) is 12.3 Å². The molecule has 0 fully saturated rings. The SMILES string of the molecule is C#Cc1cccc(NC2c3ccccc3OC2(C)C)c1. The van der Waals surface area contributed by atoms with Crippen LogP contribution >= 0.6 is 0 Å². The maximum absolute atomic E-state index is 6.03. The normalized spacial score (nSPS) is 18.8. The van der Waals surface area contributed by atoms with Crippen molar-refractivity contribution in [3.63, 3.8) is 0 Å². The van der Waals surface area contributed by atoms with Gasteiger partial charge in [0, 0.05) is 16.8 Å². The zero-order valence-electron chi connectivity index (χ0n) is 11.7. The number of rotatable bonds is 2. The van der Waals surface area contributed by atoms with Crippen molar-refractivity contribution in [2.45, 2.75) is 25.5 Å². The number of anilines is 1. The monoisotopic (exact) mass is 263 g/mol. The van der Waals surface area contributed by atoms with Crippen LogP contribution in [0.1, 0.15) is 31.0 Å². The highest BCUT2D eigenvalue weighted by molar-refractivity contribution is 5.54. The standard InChI is InChI=1S/C18H17NO/c1-4-13-8-7-9-14(12-13)19-17-15-10-5-6-11-16(15)20-18(17,2)3/h1,5-12,17,19H,2-3H3. The topological polar surface area (TPSA) is 21.3 Å². The highest BCUT2D eigenvalue weighted by atomic mass is 16.5. The Morgan fingerprint density at radius 2 is 1.95 bits per heavy atom. The number of nitrogens with one attached hydrogen (secondary N) is 1. The molecule has 1 heterocycles. The van der Waals surface area contributed by atoms with Crippen molar-refractivity contribution >= 4 is 5.69 Å². The molecule has 100 valence electrons. The summed E-state index contributed by atoms with van der Waals surface area (Å²) in [5.41, 5.74) is 2.78. The first-order valence-electron chi connectivity index (χ1n) is 6.71. The third-order valence-electron chi connectivity index (χ3n) is 3.64. The molecular weight excluding hydrogens is 246 g/mol. The van der Waals surface area contributed by atoms with Gasteiger partial charge in [-0.3, -0.25) is 0 Å². The van der Waals surface area contributed by atoms with Crippen molar-refractivity contribution in [1.29, 1.82) is 0 Å². The number of fused-ring (bicyclic) bond motifs is 1. The van der Waals surface area contributed by atoms with Gasteiger partial charge in [-0.2, -0.15) is 0 Å². The first-order chi connectivity index (χ1) is 9.60. The van der Waals surface area contributed by atoms with Crippen molar-refractivity contribution in [1.82, 2.24) is 0 Å². The second-order valence-corrected chi connectivity index (χ2v) is 5.55. The van der Waals surface area contributed by atoms with E-state index in [1.807, 2.05) is 42.5 Å². The zero-order chi connectivity index (χ0) is 14.2. The first-order valence-corrected chi connectivity index (χ1v) is 6.71. The van der Waals surface area contributed by atoms with Crippen LogP contribution in [-0.2, 0) is 0 Å². The number of benzene rings is 2. The molecule has 1 unspecified atom stereocenters. The Morgan fingerprint density at radius 1 is 1.15 bits per heavy atom. The van der Waals surface area contributed by atoms with Gasteiger partial charge >= 0.3 is 0 Å². The van der Waals surface area contributed by atoms with E-state index in [1.165, 1.54) is 5.56 Å². The minimum absolute atomic E-state index is 0.103. The Hall–Kier alpha value is -2.40. The lowest BCUT2D eigenvalue weighted by Crippen LogP contribution is -2.34. The molecule has 2 heteroatoms. The van der Waals surface area contributed by atoms with Gasteiger partial charge in [0.25, 0.3) is 0 Å². The summed E-state index contributed by atoms with van der Waals surface area (Å²) in [6.45, 7) is 4.19. The summed E-state index contributed by atoms with van der Waals surface area (Å²) in [7, 11) is 0. The van der Waals surface area contributed by atoms with E-state index in [2.05, 4.69) is 31.2 Å². The molecule has 0 aromatic heterocycles. The Bertz CT molecular complexity index is 682. The molecule has 1 N–H and O–H groups in total. The fourth-order valence-corrected chi connectivity index (χ4v) is 2.65. The third-order valence-corrected chi connectivity index (χ3v) is 3.64. The number of terminal acetylenes is 1. The molecule has 0 spiro atoms. The minimum Gasteiger partial charge on any atom is -0.485 e. The summed E-state index contributed by atoms with van der Waals surface area (Å²) in [5.74, 6) is 3.61. The maximum atomic E-state index is 6.03. The number of hydrogen-bond acceptors (Lipinski definition) is 2. The molecule has 0 aliphatic carbocycles. The van der Waals surface area contributed by atoms with Gasteiger partial charge in [0.2, 0.25) is 0 Å². The van der Waals surface area contributed by atoms with E-state index in [-0.39, 0.29) is 11.6 Å². The second kappa shape index (κ2) is 4.61. The quantitative estimate of drug-likeness (QED) is 0.827. The van der Waals surface area contributed by atoms with Gasteiger partial charge in [-0.15, -0.1) is 6.42 Å². The Morgan fingerprint density at radius 3 is 2.75 bits per heavy atom. The predicted octanol–water partition coefficient (Wildman–Crippen LogP) is 3.99. The fraction of sp³-hybridized carbons (Fsp3) is 0.222. The van der Waals surface area contributed by atoms with Crippen LogP contribution in [0.2, 0.25) is 0 Å². The summed E-state index contributed by atoms with van der Waals surface area (Å²) in [6.07, 6.45) is 5.45. The molecule has 0 bridgehead atoms. The average molecular weight is 263 g/mol. The fourth-order valence-electron chi connectivity index (χ4n) is 2.65. The average Bonchev–Trinajstić information content (AvgIpc) is 2.70. The van der Waals surface area contributed by atoms with E-state index in [0.717, 1.165) is 17.0 Å². The van der Waals surface area contributed by atoms with Gasteiger partial charge in [0.15, 0.2) is 0 Å². The molecule has 1 aliphatic heterocycles. The van der Waals surface area contributed by atoms with Crippen molar-refractivity contribution in [2.75, 3.05) is 5.32 Å². The zero-order valence-corrected chi connectivity index (χ0v) is 11.7. The molecule has 2 aromatic rings. The van der Waals surface area contributed by atoms with Gasteiger partial charge in [0.1, 0.15) is 11.4 Å². The molecule has 0 radical (unpaired) electrons. The van der Waals surface area contributed by atoms with Crippen LogP contribution in [-0.4, -0.2) is 5.60 Å². The van der Waals surface area contributed by atoms with Gasteiger partial charge in [-0.05, 0) is 38.1 Å². The van der Waals surface area contributed by atoms with E-state index in [1.54, 1.807) is 0 Å². The van der Waals surface area contributed by atoms with Crippen LogP contribution in [0.3, 0.4) is 0 Å². The predicted molar refractivity (Wildman–Crippen MR) is 81.9 cm³/mol. The molecule has 3 rings (SSSR count). The molecule has 1 atom stereocenters. The number of hydrogen-bond donors (Lipinski definition) is 1. The summed E-state index contributed by atoms with van der Waals surface area (Å²) in [4.78, 5) is 0. The van der Waals surface area contributed by atoms with Crippen molar-refractivity contribution in [3.8, 4) is 18.1 Å². The summed E-state index contributed by atoms with van der Waals surface area (Å²) >= 11 is 0. The van der Waals surface area contributed by atoms with E-state index in [0.29, 0.717) is 0 Å². The van der Waals surface area contributed by atoms with Gasteiger partial charge in [0.05, 0.1) is 6.04 Å². The van der Waals surface area contributed by atoms with E-state index < -0.39 is 0 Å². The third kappa shape index (κ3) is 2.12. The lowest BCUT2D eigenvalue weighted by atomic mass is 9.94. The Labute approximate surface area is 119 Å². The van der Waals surface area contributed by atoms with Crippen LogP contribution in [0.15, 0.2) is 48.5 Å². The highest BCUT2D eigenvalue weighted by Crippen LogP contribution is 2.44. The molecule has 0 amide bonds. The summed E-state index contributed by atoms with van der Waals surface area (Å²) < 4.78 is 6.03. The van der Waals surface area contributed by atoms with Crippen LogP contribution < -0.4 is 10.1 Å². The molecular formula is C18H17NO. The lowest BCUT2D eigenvalue weighted by molar-refractivity contribution is 0.118. The van der Waals surface area contributed by atoms with Crippen molar-refractivity contribution in [2.24, 2.45) is 0 Å². The smallest absolute Gasteiger partial charge is 0.128 e. The van der Waals surface area contributed by atoms with Gasteiger partial charge < -0.3 is 10.1 Å². The lowest BCUT2D eigenvalue weighted by Gasteiger charge is -2.28. The van der Waals surface area contributed by atoms with Crippen molar-refractivity contribution in [3.05, 3.63) is 59.7 Å². The van der Waals surface area contributed by atoms with Gasteiger partial charge in [-0.25, -0.2) is 0 Å². The molecule has 20 heavy (non-hydrogen) atoms. The van der Waals surface area contributed by atoms with E-state index >= 15 is 0 Å². The summed E-state index contributed by atoms with van der Waals surface area (Å²) in [6, 6.07) is 16.2. The van der Waals surface area contributed by atoms with Crippen LogP contribution in [0.25, 0.3) is 0 Å². The van der Waals surface area contributed by atoms with Crippen LogP contribution in [0.5, 0.6) is 5.75 Å². The first kappa shape index (κ1) is 12.6. The van der Waals surface area contributed by atoms with Crippen LogP contribution in [0.4, 0.5) is 5.69 Å². The van der Waals surface area contributed by atoms with Gasteiger partial charge in [-0.1, -0.05) is 30.2 Å². The second-order valence-electron chi connectivity index (χ2n) is 5.55. The van der Waals surface area contributed by atoms with Crippen molar-refractivity contribution < 1.29 is 4.74 Å². The number of para-hydroxylation sites is 1. The van der Waals surface area contributed by atoms with E-state index in [9.17, 15) is 0 Å². The number of ether oxygens (including phenoxy) is 1. The molecule has 0 saturated heterocycles. The minimum atomic E-state index is -0.296. The Balaban J connectivity index is 1.95. The van der Waals surface area contributed by atoms with E-state index in [4.69, 9.17) is 11.2 Å². The molecule has 1 aliphatic rings. The Kier molecular flexibility index (Phi) is 2.91. The molecule has 2 aromatic carbocycles. The molecule has 2 nitrogen and oxygen atoms in total. The largest absolute Gasteiger partial charge is 0.485 e. The maximum Gasteiger partial charge on any atom is 0.128 e. The highest BCUT2D eigenvalue weighted by Gasteiger charge is 2.40.